The van der Waals surface area contributed by atoms with Gasteiger partial charge >= 0.3 is 0 Å². The number of phenols is 1. The lowest BCUT2D eigenvalue weighted by Crippen LogP contribution is -2.51. The quantitative estimate of drug-likeness (QED) is 0.123. The molecule has 11 nitrogen and oxygen atoms in total. The largest absolute Gasteiger partial charge is 0.508 e. The summed E-state index contributed by atoms with van der Waals surface area (Å²) in [6.45, 7) is 22.6. The van der Waals surface area contributed by atoms with Crippen LogP contribution in [-0.4, -0.2) is 113 Å². The molecule has 5 aliphatic rings. The van der Waals surface area contributed by atoms with E-state index in [-0.39, 0.29) is 22.9 Å². The van der Waals surface area contributed by atoms with E-state index in [4.69, 9.17) is 19.7 Å². The summed E-state index contributed by atoms with van der Waals surface area (Å²) in [5, 5.41) is 16.2. The van der Waals surface area contributed by atoms with E-state index in [0.717, 1.165) is 82.4 Å². The summed E-state index contributed by atoms with van der Waals surface area (Å²) in [6, 6.07) is 7.43. The molecule has 6 heterocycles. The topological polar surface area (TPSA) is 112 Å². The number of ether oxygens (including phenoxy) is 1. The Morgan fingerprint density at radius 2 is 1.66 bits per heavy atom. The fourth-order valence-electron chi connectivity index (χ4n) is 11.5. The minimum atomic E-state index is -2.17. The Kier molecular flexibility index (Phi) is 10.4. The van der Waals surface area contributed by atoms with Gasteiger partial charge in [0.2, 0.25) is 17.7 Å². The Bertz CT molecular complexity index is 2280. The lowest BCUT2D eigenvalue weighted by molar-refractivity contribution is -0.128. The van der Waals surface area contributed by atoms with Crippen LogP contribution >= 0.6 is 0 Å². The first-order chi connectivity index (χ1) is 28.2. The molecule has 5 fully saturated rings. The monoisotopic (exact) mass is 820 g/mol. The van der Waals surface area contributed by atoms with Crippen molar-refractivity contribution in [2.24, 2.45) is 17.3 Å². The van der Waals surface area contributed by atoms with Gasteiger partial charge in [-0.1, -0.05) is 53.5 Å². The number of fused-ring (bicyclic) bond motifs is 5. The number of aromatic hydroxyl groups is 1. The molecule has 2 bridgehead atoms. The summed E-state index contributed by atoms with van der Waals surface area (Å²) in [4.78, 5) is 34.0. The lowest BCUT2D eigenvalue weighted by Gasteiger charge is -2.38. The van der Waals surface area contributed by atoms with Crippen molar-refractivity contribution in [2.75, 3.05) is 57.3 Å². The van der Waals surface area contributed by atoms with Gasteiger partial charge in [0.15, 0.2) is 11.2 Å². The number of nitrogens with one attached hydrogen (secondary N) is 1. The van der Waals surface area contributed by atoms with Crippen LogP contribution in [0.25, 0.3) is 21.9 Å². The number of amides is 1. The fraction of sp³-hybridized carbons (Fsp3) is 0.609. The second-order valence-corrected chi connectivity index (χ2v) is 25.2. The predicted molar refractivity (Wildman–Crippen MR) is 233 cm³/mol. The Morgan fingerprint density at radius 3 is 2.29 bits per heavy atom. The van der Waals surface area contributed by atoms with Crippen LogP contribution in [-0.2, 0) is 11.3 Å². The zero-order valence-corrected chi connectivity index (χ0v) is 36.9. The molecule has 0 radical (unpaired) electrons. The van der Waals surface area contributed by atoms with Gasteiger partial charge in [0.1, 0.15) is 19.6 Å². The average Bonchev–Trinajstić information content (AvgIpc) is 3.45. The molecule has 59 heavy (non-hydrogen) atoms. The van der Waals surface area contributed by atoms with Gasteiger partial charge in [-0.3, -0.25) is 4.79 Å². The molecule has 314 valence electrons. The number of carbonyl (C=O) groups excluding carboxylic acids is 1. The number of anilines is 1. The smallest absolute Gasteiger partial charge is 0.247 e. The van der Waals surface area contributed by atoms with Crippen molar-refractivity contribution in [3.63, 3.8) is 0 Å². The summed E-state index contributed by atoms with van der Waals surface area (Å²) in [7, 11) is -2.17. The molecule has 1 amide bonds. The van der Waals surface area contributed by atoms with Crippen molar-refractivity contribution in [2.45, 2.75) is 109 Å². The predicted octanol–water partition coefficient (Wildman–Crippen LogP) is 6.95. The van der Waals surface area contributed by atoms with Crippen molar-refractivity contribution in [1.82, 2.24) is 34.6 Å². The van der Waals surface area contributed by atoms with Gasteiger partial charge in [0.25, 0.3) is 0 Å². The zero-order chi connectivity index (χ0) is 41.4. The maximum absolute atomic E-state index is 16.1. The summed E-state index contributed by atoms with van der Waals surface area (Å²) in [6.07, 6.45) is 6.26. The van der Waals surface area contributed by atoms with Gasteiger partial charge in [0.05, 0.1) is 25.0 Å². The van der Waals surface area contributed by atoms with Crippen LogP contribution in [0, 0.1) is 34.5 Å². The maximum atomic E-state index is 16.1. The molecule has 4 aromatic rings. The van der Waals surface area contributed by atoms with E-state index >= 15 is 4.39 Å². The summed E-state index contributed by atoms with van der Waals surface area (Å²) < 4.78 is 24.8. The number of benzene rings is 2. The Labute approximate surface area is 349 Å². The van der Waals surface area contributed by atoms with Gasteiger partial charge in [-0.05, 0) is 83.3 Å². The second kappa shape index (κ2) is 15.3. The van der Waals surface area contributed by atoms with Crippen molar-refractivity contribution in [3.05, 3.63) is 47.5 Å². The molecule has 2 aromatic carbocycles. The van der Waals surface area contributed by atoms with Crippen LogP contribution in [0.2, 0.25) is 16.6 Å². The highest BCUT2D eigenvalue weighted by Crippen LogP contribution is 2.48. The van der Waals surface area contributed by atoms with Crippen molar-refractivity contribution in [1.29, 1.82) is 0 Å². The van der Waals surface area contributed by atoms with Gasteiger partial charge in [-0.15, -0.1) is 5.54 Å². The highest BCUT2D eigenvalue weighted by atomic mass is 28.3. The fourth-order valence-corrected chi connectivity index (χ4v) is 16.7. The SMILES string of the molecule is CC(=O)N1C[C@H]2CN(CC3(COc4nc(N5C[C@H]6CC[C@@H](C5)N6)nc5c4ncn5Cc4cc(O)cc5ccc(F)c(C#C[Si](C(C)C)(C(C)C)C(C)C)c45)CC3)C[C@H]2C1. The number of halogens is 1. The summed E-state index contributed by atoms with van der Waals surface area (Å²) in [5.74, 6) is 5.60. The van der Waals surface area contributed by atoms with Gasteiger partial charge < -0.3 is 34.4 Å². The maximum Gasteiger partial charge on any atom is 0.247 e. The number of likely N-dealkylation sites (tertiary alicyclic amines) is 2. The minimum absolute atomic E-state index is 0.0657. The van der Waals surface area contributed by atoms with Gasteiger partial charge in [-0.25, -0.2) is 9.37 Å². The molecule has 4 saturated heterocycles. The van der Waals surface area contributed by atoms with E-state index in [1.807, 2.05) is 9.47 Å². The Hall–Kier alpha value is -4.25. The van der Waals surface area contributed by atoms with E-state index < -0.39 is 8.07 Å². The van der Waals surface area contributed by atoms with Crippen molar-refractivity contribution >= 4 is 41.9 Å². The molecule has 1 saturated carbocycles. The molecule has 4 atom stereocenters. The minimum Gasteiger partial charge on any atom is -0.508 e. The van der Waals surface area contributed by atoms with Crippen LogP contribution < -0.4 is 15.0 Å². The van der Waals surface area contributed by atoms with Crippen LogP contribution in [0.5, 0.6) is 11.6 Å². The number of hydrogen-bond acceptors (Lipinski definition) is 9. The molecule has 0 spiro atoms. The molecule has 4 aliphatic heterocycles. The van der Waals surface area contributed by atoms with Crippen molar-refractivity contribution < 1.29 is 19.0 Å². The number of nitrogens with zero attached hydrogens (tertiary/aromatic N) is 7. The van der Waals surface area contributed by atoms with Crippen LogP contribution in [0.4, 0.5) is 10.3 Å². The van der Waals surface area contributed by atoms with Crippen LogP contribution in [0.15, 0.2) is 30.6 Å². The molecular formula is C46H61FN8O3Si. The van der Waals surface area contributed by atoms with E-state index in [9.17, 15) is 9.90 Å². The van der Waals surface area contributed by atoms with Crippen LogP contribution in [0.3, 0.4) is 0 Å². The molecule has 9 rings (SSSR count). The standard InChI is InChI=1S/C46H61FN8O3Si/c1-28(2)59(29(3)4,30(5)6)15-12-39-40(47)11-8-32-16-38(57)17-33(41(32)39)20-55-27-48-42-43(55)50-45(54-23-36-9-10-37(24-54)49-36)51-44(42)58-26-46(13-14-46)25-52-18-34-21-53(31(7)56)22-35(34)19-52/h8,11,16-17,27-30,34-37,49,57H,9-10,13-14,18-26H2,1-7H3/t34-,35+,36-,37+. The first kappa shape index (κ1) is 40.2. The molecule has 0 unspecified atom stereocenters. The number of phenolic OH excluding ortho intramolecular Hbond substituents is 1. The van der Waals surface area contributed by atoms with E-state index in [1.54, 1.807) is 31.5 Å². The highest BCUT2D eigenvalue weighted by molar-refractivity contribution is 6.90. The number of piperazine rings is 1. The van der Waals surface area contributed by atoms with E-state index in [0.29, 0.717) is 87.6 Å². The molecule has 1 aliphatic carbocycles. The third kappa shape index (κ3) is 7.48. The first-order valence-electron chi connectivity index (χ1n) is 22.0. The first-order valence-corrected chi connectivity index (χ1v) is 24.3. The number of carbonyl (C=O) groups is 1. The normalized spacial score (nSPS) is 23.8. The number of hydrogen-bond donors (Lipinski definition) is 2. The Balaban J connectivity index is 1.05. The third-order valence-corrected chi connectivity index (χ3v) is 21.0. The Morgan fingerprint density at radius 1 is 0.983 bits per heavy atom. The molecular weight excluding hydrogens is 760 g/mol. The van der Waals surface area contributed by atoms with E-state index in [2.05, 4.69) is 68.1 Å². The number of aromatic nitrogens is 4. The van der Waals surface area contributed by atoms with Gasteiger partial charge in [-0.2, -0.15) is 9.97 Å². The molecule has 2 aromatic heterocycles. The highest BCUT2D eigenvalue weighted by Gasteiger charge is 2.49. The number of rotatable bonds is 11. The summed E-state index contributed by atoms with van der Waals surface area (Å²) in [5.41, 5.74) is 7.39. The summed E-state index contributed by atoms with van der Waals surface area (Å²) >= 11 is 0. The van der Waals surface area contributed by atoms with E-state index in [1.165, 1.54) is 6.07 Å². The van der Waals surface area contributed by atoms with Crippen molar-refractivity contribution in [3.8, 4) is 23.1 Å². The number of imidazole rings is 1. The molecule has 13 heteroatoms. The van der Waals surface area contributed by atoms with Crippen LogP contribution in [0.1, 0.15) is 85.3 Å². The second-order valence-electron chi connectivity index (χ2n) is 19.6. The average molecular weight is 821 g/mol. The lowest BCUT2D eigenvalue weighted by atomic mass is 9.98. The molecule has 2 N–H and O–H groups in total. The van der Waals surface area contributed by atoms with Gasteiger partial charge in [0, 0.05) is 75.6 Å². The zero-order valence-electron chi connectivity index (χ0n) is 35.9. The third-order valence-electron chi connectivity index (χ3n) is 14.7.